The van der Waals surface area contributed by atoms with Gasteiger partial charge in [-0.25, -0.2) is 0 Å². The number of likely N-dealkylation sites (tertiary alicyclic amines) is 1. The van der Waals surface area contributed by atoms with Crippen LogP contribution in [0.3, 0.4) is 0 Å². The average molecular weight is 359 g/mol. The Labute approximate surface area is 140 Å². The quantitative estimate of drug-likeness (QED) is 0.775. The van der Waals surface area contributed by atoms with Crippen molar-refractivity contribution in [2.24, 2.45) is 0 Å². The molecule has 1 aromatic heterocycles. The van der Waals surface area contributed by atoms with Gasteiger partial charge in [-0.15, -0.1) is 11.3 Å². The minimum Gasteiger partial charge on any atom is -0.484 e. The minimum absolute atomic E-state index is 0.0420. The Balaban J connectivity index is 2.07. The molecule has 0 N–H and O–H groups in total. The first-order valence-electron chi connectivity index (χ1n) is 7.63. The number of hydrogen-bond donors (Lipinski definition) is 0. The van der Waals surface area contributed by atoms with Crippen LogP contribution in [-0.4, -0.2) is 43.7 Å². The van der Waals surface area contributed by atoms with Crippen LogP contribution >= 0.6 is 11.3 Å². The number of carbonyl (C=O) groups excluding carboxylic acids is 1. The van der Waals surface area contributed by atoms with Gasteiger partial charge < -0.3 is 9.64 Å². The number of fused-ring (bicyclic) bond motifs is 1. The second-order valence-electron chi connectivity index (χ2n) is 6.56. The number of ether oxygens (including phenoxy) is 1. The summed E-state index contributed by atoms with van der Waals surface area (Å²) in [5.41, 5.74) is -0.862. The molecule has 8 heteroatoms. The van der Waals surface area contributed by atoms with E-state index in [-0.39, 0.29) is 5.91 Å². The third kappa shape index (κ3) is 3.25. The second-order valence-corrected chi connectivity index (χ2v) is 9.11. The van der Waals surface area contributed by atoms with Crippen LogP contribution in [0, 0.1) is 0 Å². The monoisotopic (exact) mass is 359 g/mol. The van der Waals surface area contributed by atoms with Crippen molar-refractivity contribution in [3.05, 3.63) is 16.3 Å². The summed E-state index contributed by atoms with van der Waals surface area (Å²) < 4.78 is 34.9. The number of carbonyl (C=O) groups is 1. The first-order valence-corrected chi connectivity index (χ1v) is 10.3. The van der Waals surface area contributed by atoms with Crippen molar-refractivity contribution in [2.75, 3.05) is 12.8 Å². The third-order valence-electron chi connectivity index (χ3n) is 4.25. The van der Waals surface area contributed by atoms with Gasteiger partial charge in [-0.05, 0) is 38.1 Å². The highest BCUT2D eigenvalue weighted by atomic mass is 32.2. The highest BCUT2D eigenvalue weighted by molar-refractivity contribution is 7.86. The Bertz CT molecular complexity index is 709. The van der Waals surface area contributed by atoms with Crippen LogP contribution in [0.25, 0.3) is 0 Å². The summed E-state index contributed by atoms with van der Waals surface area (Å²) in [6, 6.07) is 1.43. The maximum absolute atomic E-state index is 12.4. The van der Waals surface area contributed by atoms with Gasteiger partial charge in [0.25, 0.3) is 10.1 Å². The molecule has 2 aliphatic rings. The molecule has 1 aromatic rings. The fourth-order valence-corrected chi connectivity index (χ4v) is 4.92. The number of piperidine rings is 1. The highest BCUT2D eigenvalue weighted by Gasteiger charge is 2.50. The Morgan fingerprint density at radius 2 is 2.13 bits per heavy atom. The van der Waals surface area contributed by atoms with Crippen molar-refractivity contribution in [1.82, 2.24) is 4.90 Å². The topological polar surface area (TPSA) is 72.9 Å². The summed E-state index contributed by atoms with van der Waals surface area (Å²) in [7, 11) is -3.68. The normalized spacial score (nSPS) is 27.4. The van der Waals surface area contributed by atoms with Gasteiger partial charge >= 0.3 is 0 Å². The molecule has 3 heterocycles. The molecule has 1 fully saturated rings. The first kappa shape index (κ1) is 16.7. The molecule has 0 aromatic carbocycles. The molecule has 0 spiro atoms. The van der Waals surface area contributed by atoms with Crippen LogP contribution in [0.1, 0.15) is 44.0 Å². The van der Waals surface area contributed by atoms with Gasteiger partial charge in [0.2, 0.25) is 5.91 Å². The van der Waals surface area contributed by atoms with E-state index in [4.69, 9.17) is 8.92 Å². The molecule has 23 heavy (non-hydrogen) atoms. The maximum Gasteiger partial charge on any atom is 0.264 e. The van der Waals surface area contributed by atoms with Gasteiger partial charge in [0.15, 0.2) is 0 Å². The molecule has 0 bridgehead atoms. The summed E-state index contributed by atoms with van der Waals surface area (Å²) in [5.74, 6) is 0.747. The number of hydrogen-bond acceptors (Lipinski definition) is 6. The lowest BCUT2D eigenvalue weighted by atomic mass is 9.88. The van der Waals surface area contributed by atoms with Crippen LogP contribution in [0.2, 0.25) is 0 Å². The molecule has 1 amide bonds. The number of amides is 1. The number of thiophene rings is 1. The Kier molecular flexibility index (Phi) is 4.18. The largest absolute Gasteiger partial charge is 0.484 e. The van der Waals surface area contributed by atoms with Gasteiger partial charge in [0.05, 0.1) is 11.1 Å². The van der Waals surface area contributed by atoms with Crippen molar-refractivity contribution in [2.45, 2.75) is 50.9 Å². The standard InChI is InChI=1S/C15H21NO5S2/c1-15(2)14(21-23(3,18)19)12(13-10(20-15)7-9-22-13)16-8-5-4-6-11(16)17/h7,9,12,14H,4-6,8H2,1-3H3/t12-,14+/m1/s1. The van der Waals surface area contributed by atoms with Gasteiger partial charge in [-0.3, -0.25) is 8.98 Å². The lowest BCUT2D eigenvalue weighted by Crippen LogP contribution is -2.56. The summed E-state index contributed by atoms with van der Waals surface area (Å²) in [4.78, 5) is 15.0. The van der Waals surface area contributed by atoms with Gasteiger partial charge in [0.1, 0.15) is 23.5 Å². The molecule has 6 nitrogen and oxygen atoms in total. The van der Waals surface area contributed by atoms with Crippen LogP contribution in [0.5, 0.6) is 5.75 Å². The zero-order valence-electron chi connectivity index (χ0n) is 13.4. The number of rotatable bonds is 3. The third-order valence-corrected chi connectivity index (χ3v) is 5.77. The van der Waals surface area contributed by atoms with Crippen LogP contribution in [0.4, 0.5) is 0 Å². The second kappa shape index (κ2) is 5.75. The van der Waals surface area contributed by atoms with E-state index in [2.05, 4.69) is 0 Å². The zero-order chi connectivity index (χ0) is 16.8. The van der Waals surface area contributed by atoms with Crippen molar-refractivity contribution >= 4 is 27.4 Å². The predicted octanol–water partition coefficient (Wildman–Crippen LogP) is 2.32. The SMILES string of the molecule is CC1(C)Oc2ccsc2[C@@H](N2CCCCC2=O)[C@@H]1OS(C)(=O)=O. The summed E-state index contributed by atoms with van der Waals surface area (Å²) >= 11 is 1.47. The molecule has 2 aliphatic heterocycles. The fourth-order valence-electron chi connectivity index (χ4n) is 3.25. The maximum atomic E-state index is 12.4. The van der Waals surface area contributed by atoms with Gasteiger partial charge in [0, 0.05) is 13.0 Å². The average Bonchev–Trinajstić information content (AvgIpc) is 2.86. The molecule has 2 atom stereocenters. The summed E-state index contributed by atoms with van der Waals surface area (Å²) in [5, 5.41) is 1.89. The van der Waals surface area contributed by atoms with E-state index in [1.165, 1.54) is 11.3 Å². The first-order chi connectivity index (χ1) is 10.7. The molecule has 0 saturated carbocycles. The van der Waals surface area contributed by atoms with E-state index in [9.17, 15) is 13.2 Å². The van der Waals surface area contributed by atoms with Gasteiger partial charge in [-0.2, -0.15) is 8.42 Å². The smallest absolute Gasteiger partial charge is 0.264 e. The van der Waals surface area contributed by atoms with E-state index in [0.29, 0.717) is 18.7 Å². The molecule has 0 radical (unpaired) electrons. The summed E-state index contributed by atoms with van der Waals surface area (Å²) in [6.45, 7) is 4.20. The van der Waals surface area contributed by atoms with Crippen molar-refractivity contribution < 1.29 is 22.1 Å². The molecule has 1 saturated heterocycles. The van der Waals surface area contributed by atoms with Crippen LogP contribution in [-0.2, 0) is 19.1 Å². The van der Waals surface area contributed by atoms with Crippen LogP contribution < -0.4 is 4.74 Å². The lowest BCUT2D eigenvalue weighted by Gasteiger charge is -2.47. The minimum atomic E-state index is -3.68. The Morgan fingerprint density at radius 1 is 1.39 bits per heavy atom. The summed E-state index contributed by atoms with van der Waals surface area (Å²) in [6.07, 6.45) is 2.53. The molecule has 3 rings (SSSR count). The molecule has 0 unspecified atom stereocenters. The predicted molar refractivity (Wildman–Crippen MR) is 87.0 cm³/mol. The Morgan fingerprint density at radius 3 is 2.78 bits per heavy atom. The number of nitrogens with zero attached hydrogens (tertiary/aromatic N) is 1. The van der Waals surface area contributed by atoms with Crippen molar-refractivity contribution in [1.29, 1.82) is 0 Å². The van der Waals surface area contributed by atoms with Gasteiger partial charge in [-0.1, -0.05) is 0 Å². The zero-order valence-corrected chi connectivity index (χ0v) is 15.1. The van der Waals surface area contributed by atoms with E-state index >= 15 is 0 Å². The van der Waals surface area contributed by atoms with Crippen molar-refractivity contribution in [3.8, 4) is 5.75 Å². The van der Waals surface area contributed by atoms with E-state index < -0.39 is 27.9 Å². The Hall–Kier alpha value is -1.12. The van der Waals surface area contributed by atoms with E-state index in [0.717, 1.165) is 24.0 Å². The molecular formula is C15H21NO5S2. The molecule has 0 aliphatic carbocycles. The van der Waals surface area contributed by atoms with Crippen molar-refractivity contribution in [3.63, 3.8) is 0 Å². The molecule has 128 valence electrons. The molecular weight excluding hydrogens is 338 g/mol. The van der Waals surface area contributed by atoms with E-state index in [1.807, 2.05) is 11.4 Å². The highest BCUT2D eigenvalue weighted by Crippen LogP contribution is 2.48. The lowest BCUT2D eigenvalue weighted by molar-refractivity contribution is -0.144. The van der Waals surface area contributed by atoms with Crippen LogP contribution in [0.15, 0.2) is 11.4 Å². The fraction of sp³-hybridized carbons (Fsp3) is 0.667. The van der Waals surface area contributed by atoms with E-state index in [1.54, 1.807) is 18.7 Å².